The molecule has 17 heavy (non-hydrogen) atoms. The minimum atomic E-state index is 0.102. The van der Waals surface area contributed by atoms with Crippen LogP contribution in [-0.4, -0.2) is 19.0 Å². The number of aryl methyl sites for hydroxylation is 3. The van der Waals surface area contributed by atoms with Crippen LogP contribution in [0.4, 0.5) is 5.69 Å². The number of rotatable bonds is 4. The topological polar surface area (TPSA) is 46.3 Å². The maximum absolute atomic E-state index is 12.0. The van der Waals surface area contributed by atoms with Crippen LogP contribution in [0.3, 0.4) is 0 Å². The molecule has 0 atom stereocenters. The first-order valence-electron chi connectivity index (χ1n) is 6.09. The maximum Gasteiger partial charge on any atom is 0.228 e. The molecule has 0 saturated carbocycles. The van der Waals surface area contributed by atoms with Gasteiger partial charge in [-0.15, -0.1) is 0 Å². The maximum atomic E-state index is 12.0. The minimum absolute atomic E-state index is 0.102. The van der Waals surface area contributed by atoms with E-state index in [-0.39, 0.29) is 5.91 Å². The average Bonchev–Trinajstić information content (AvgIpc) is 2.23. The number of amides is 1. The molecule has 94 valence electrons. The second-order valence-electron chi connectivity index (χ2n) is 4.42. The Hall–Kier alpha value is -1.35. The number of hydrogen-bond donors (Lipinski definition) is 1. The molecule has 0 heterocycles. The third-order valence-electron chi connectivity index (χ3n) is 2.88. The number of anilines is 1. The summed E-state index contributed by atoms with van der Waals surface area (Å²) in [5.41, 5.74) is 10.0. The van der Waals surface area contributed by atoms with Crippen LogP contribution in [0.1, 0.15) is 30.0 Å². The predicted molar refractivity (Wildman–Crippen MR) is 72.4 cm³/mol. The molecule has 2 N–H and O–H groups in total. The first-order valence-corrected chi connectivity index (χ1v) is 6.09. The number of nitrogens with zero attached hydrogens (tertiary/aromatic N) is 1. The largest absolute Gasteiger partial charge is 0.330 e. The first kappa shape index (κ1) is 13.7. The zero-order valence-corrected chi connectivity index (χ0v) is 11.2. The van der Waals surface area contributed by atoms with Gasteiger partial charge in [-0.05, 0) is 38.8 Å². The second-order valence-corrected chi connectivity index (χ2v) is 4.42. The van der Waals surface area contributed by atoms with Gasteiger partial charge in [0.15, 0.2) is 0 Å². The summed E-state index contributed by atoms with van der Waals surface area (Å²) in [7, 11) is 0. The van der Waals surface area contributed by atoms with Crippen molar-refractivity contribution < 1.29 is 4.79 Å². The van der Waals surface area contributed by atoms with E-state index in [1.54, 1.807) is 0 Å². The lowest BCUT2D eigenvalue weighted by Crippen LogP contribution is -2.33. The smallest absolute Gasteiger partial charge is 0.228 e. The minimum Gasteiger partial charge on any atom is -0.330 e. The van der Waals surface area contributed by atoms with Gasteiger partial charge < -0.3 is 10.6 Å². The molecule has 1 amide bonds. The molecule has 1 aromatic rings. The van der Waals surface area contributed by atoms with Crippen molar-refractivity contribution in [2.24, 2.45) is 5.73 Å². The van der Waals surface area contributed by atoms with E-state index in [0.29, 0.717) is 19.5 Å². The molecule has 0 aliphatic heterocycles. The van der Waals surface area contributed by atoms with Crippen molar-refractivity contribution in [1.82, 2.24) is 0 Å². The van der Waals surface area contributed by atoms with Crippen molar-refractivity contribution in [2.75, 3.05) is 18.0 Å². The van der Waals surface area contributed by atoms with E-state index in [2.05, 4.69) is 19.1 Å². The summed E-state index contributed by atoms with van der Waals surface area (Å²) in [6, 6.07) is 4.22. The van der Waals surface area contributed by atoms with E-state index in [0.717, 1.165) is 16.8 Å². The predicted octanol–water partition coefficient (Wildman–Crippen LogP) is 2.31. The third-order valence-corrected chi connectivity index (χ3v) is 2.88. The Balaban J connectivity index is 3.16. The fourth-order valence-electron chi connectivity index (χ4n) is 2.32. The fourth-order valence-corrected chi connectivity index (χ4v) is 2.32. The van der Waals surface area contributed by atoms with Crippen LogP contribution in [0.15, 0.2) is 12.1 Å². The van der Waals surface area contributed by atoms with Gasteiger partial charge in [0.05, 0.1) is 0 Å². The highest BCUT2D eigenvalue weighted by atomic mass is 16.2. The Morgan fingerprint density at radius 2 is 1.76 bits per heavy atom. The monoisotopic (exact) mass is 234 g/mol. The van der Waals surface area contributed by atoms with Gasteiger partial charge >= 0.3 is 0 Å². The van der Waals surface area contributed by atoms with Gasteiger partial charge in [-0.25, -0.2) is 0 Å². The van der Waals surface area contributed by atoms with Crippen molar-refractivity contribution in [1.29, 1.82) is 0 Å². The highest BCUT2D eigenvalue weighted by molar-refractivity contribution is 5.95. The molecule has 1 aromatic carbocycles. The summed E-state index contributed by atoms with van der Waals surface area (Å²) >= 11 is 0. The lowest BCUT2D eigenvalue weighted by atomic mass is 10.0. The van der Waals surface area contributed by atoms with Crippen LogP contribution < -0.4 is 10.6 Å². The fraction of sp³-hybridized carbons (Fsp3) is 0.500. The highest BCUT2D eigenvalue weighted by Gasteiger charge is 2.17. The van der Waals surface area contributed by atoms with E-state index in [1.165, 1.54) is 5.56 Å². The Morgan fingerprint density at radius 1 is 1.24 bits per heavy atom. The number of hydrogen-bond acceptors (Lipinski definition) is 2. The molecule has 0 aliphatic carbocycles. The van der Waals surface area contributed by atoms with E-state index in [4.69, 9.17) is 5.73 Å². The summed E-state index contributed by atoms with van der Waals surface area (Å²) in [5, 5.41) is 0. The molecular weight excluding hydrogens is 212 g/mol. The Kier molecular flexibility index (Phi) is 4.70. The number of benzene rings is 1. The zero-order valence-electron chi connectivity index (χ0n) is 11.2. The quantitative estimate of drug-likeness (QED) is 0.869. The molecule has 3 heteroatoms. The van der Waals surface area contributed by atoms with Gasteiger partial charge in [0.2, 0.25) is 5.91 Å². The van der Waals surface area contributed by atoms with Gasteiger partial charge in [-0.3, -0.25) is 4.79 Å². The molecule has 0 aliphatic rings. The molecule has 0 fully saturated rings. The number of nitrogens with two attached hydrogens (primary N) is 1. The summed E-state index contributed by atoms with van der Waals surface area (Å²) in [6.45, 7) is 9.25. The lowest BCUT2D eigenvalue weighted by Gasteiger charge is -2.25. The van der Waals surface area contributed by atoms with Crippen molar-refractivity contribution >= 4 is 11.6 Å². The van der Waals surface area contributed by atoms with E-state index >= 15 is 0 Å². The van der Waals surface area contributed by atoms with Gasteiger partial charge in [-0.2, -0.15) is 0 Å². The van der Waals surface area contributed by atoms with Crippen LogP contribution in [0, 0.1) is 20.8 Å². The van der Waals surface area contributed by atoms with Crippen LogP contribution in [0.25, 0.3) is 0 Å². The normalized spacial score (nSPS) is 10.4. The van der Waals surface area contributed by atoms with Gasteiger partial charge in [0, 0.05) is 25.2 Å². The van der Waals surface area contributed by atoms with Crippen molar-refractivity contribution in [3.8, 4) is 0 Å². The number of carbonyl (C=O) groups is 1. The summed E-state index contributed by atoms with van der Waals surface area (Å²) in [5.74, 6) is 0.102. The van der Waals surface area contributed by atoms with E-state index in [1.807, 2.05) is 25.7 Å². The molecular formula is C14H22N2O. The zero-order chi connectivity index (χ0) is 13.0. The Morgan fingerprint density at radius 3 is 2.18 bits per heavy atom. The Bertz CT molecular complexity index is 390. The molecule has 0 spiro atoms. The van der Waals surface area contributed by atoms with Crippen molar-refractivity contribution in [2.45, 2.75) is 34.1 Å². The molecule has 3 nitrogen and oxygen atoms in total. The van der Waals surface area contributed by atoms with Crippen LogP contribution >= 0.6 is 0 Å². The molecule has 0 saturated heterocycles. The third kappa shape index (κ3) is 3.07. The second kappa shape index (κ2) is 5.82. The van der Waals surface area contributed by atoms with Crippen LogP contribution in [-0.2, 0) is 4.79 Å². The first-order chi connectivity index (χ1) is 8.01. The summed E-state index contributed by atoms with van der Waals surface area (Å²) in [4.78, 5) is 13.8. The molecule has 0 bridgehead atoms. The summed E-state index contributed by atoms with van der Waals surface area (Å²) in [6.07, 6.45) is 0.403. The van der Waals surface area contributed by atoms with E-state index in [9.17, 15) is 4.79 Å². The standard InChI is InChI=1S/C14H22N2O/c1-5-16(13(17)6-7-15)14-11(3)8-10(2)9-12(14)4/h8-9H,5-7,15H2,1-4H3. The number of carbonyl (C=O) groups excluding carboxylic acids is 1. The molecule has 1 rings (SSSR count). The van der Waals surface area contributed by atoms with Gasteiger partial charge in [-0.1, -0.05) is 17.7 Å². The average molecular weight is 234 g/mol. The van der Waals surface area contributed by atoms with Crippen molar-refractivity contribution in [3.63, 3.8) is 0 Å². The van der Waals surface area contributed by atoms with Crippen molar-refractivity contribution in [3.05, 3.63) is 28.8 Å². The SMILES string of the molecule is CCN(C(=O)CCN)c1c(C)cc(C)cc1C. The molecule has 0 unspecified atom stereocenters. The highest BCUT2D eigenvalue weighted by Crippen LogP contribution is 2.26. The molecule has 0 aromatic heterocycles. The lowest BCUT2D eigenvalue weighted by molar-refractivity contribution is -0.118. The van der Waals surface area contributed by atoms with Crippen LogP contribution in [0.5, 0.6) is 0 Å². The Labute approximate surface area is 104 Å². The van der Waals surface area contributed by atoms with Gasteiger partial charge in [0.1, 0.15) is 0 Å². The molecule has 0 radical (unpaired) electrons. The summed E-state index contributed by atoms with van der Waals surface area (Å²) < 4.78 is 0. The van der Waals surface area contributed by atoms with Crippen LogP contribution in [0.2, 0.25) is 0 Å². The van der Waals surface area contributed by atoms with E-state index < -0.39 is 0 Å². The van der Waals surface area contributed by atoms with Gasteiger partial charge in [0.25, 0.3) is 0 Å².